The third-order valence-corrected chi connectivity index (χ3v) is 7.32. The Balaban J connectivity index is 1.50. The summed E-state index contributed by atoms with van der Waals surface area (Å²) in [7, 11) is 3.55. The minimum Gasteiger partial charge on any atom is -0.494 e. The second-order valence-electron chi connectivity index (χ2n) is 9.84. The summed E-state index contributed by atoms with van der Waals surface area (Å²) in [4.78, 5) is 15.3. The Hall–Kier alpha value is -2.85. The van der Waals surface area contributed by atoms with Crippen LogP contribution in [0, 0.1) is 11.6 Å². The van der Waals surface area contributed by atoms with E-state index in [4.69, 9.17) is 4.74 Å². The fourth-order valence-electron chi connectivity index (χ4n) is 4.58. The van der Waals surface area contributed by atoms with Crippen molar-refractivity contribution in [1.29, 1.82) is 0 Å². The molecule has 0 amide bonds. The molecule has 3 aromatic rings. The van der Waals surface area contributed by atoms with Gasteiger partial charge in [0.25, 0.3) is 0 Å². The Bertz CT molecular complexity index is 1160. The summed E-state index contributed by atoms with van der Waals surface area (Å²) in [6.07, 6.45) is 2.86. The molecule has 34 heavy (non-hydrogen) atoms. The quantitative estimate of drug-likeness (QED) is 0.461. The van der Waals surface area contributed by atoms with Crippen LogP contribution < -0.4 is 15.4 Å². The molecule has 1 aliphatic rings. The summed E-state index contributed by atoms with van der Waals surface area (Å²) >= 11 is 1.32. The second-order valence-corrected chi connectivity index (χ2v) is 10.7. The average molecular weight is 489 g/mol. The van der Waals surface area contributed by atoms with Crippen molar-refractivity contribution in [1.82, 2.24) is 19.9 Å². The number of anilines is 3. The van der Waals surface area contributed by atoms with Gasteiger partial charge in [-0.1, -0.05) is 0 Å². The third-order valence-electron chi connectivity index (χ3n) is 6.56. The van der Waals surface area contributed by atoms with Crippen molar-refractivity contribution in [2.45, 2.75) is 57.7 Å². The van der Waals surface area contributed by atoms with E-state index >= 15 is 0 Å². The molecular formula is C24H30F2N6OS. The lowest BCUT2D eigenvalue weighted by molar-refractivity contribution is -0.00778. The number of piperidine rings is 1. The van der Waals surface area contributed by atoms with Crippen LogP contribution in [-0.2, 0) is 0 Å². The maximum absolute atomic E-state index is 14.6. The SMILES string of the molecule is COc1ccc(-c2csc(Nc3ncc(F)c(NC4CC(C)(C)N(C)C(C)(C)C4)n3)n2)cc1F. The Morgan fingerprint density at radius 3 is 2.44 bits per heavy atom. The van der Waals surface area contributed by atoms with Gasteiger partial charge in [-0.25, -0.2) is 18.7 Å². The first-order valence-electron chi connectivity index (χ1n) is 11.1. The maximum Gasteiger partial charge on any atom is 0.231 e. The molecule has 0 atom stereocenters. The Kier molecular flexibility index (Phi) is 6.48. The lowest BCUT2D eigenvalue weighted by atomic mass is 9.77. The Labute approximate surface area is 202 Å². The number of hydrogen-bond donors (Lipinski definition) is 2. The molecular weight excluding hydrogens is 458 g/mol. The van der Waals surface area contributed by atoms with Crippen molar-refractivity contribution < 1.29 is 13.5 Å². The van der Waals surface area contributed by atoms with E-state index in [9.17, 15) is 8.78 Å². The first-order chi connectivity index (χ1) is 16.0. The van der Waals surface area contributed by atoms with Gasteiger partial charge in [0, 0.05) is 28.1 Å². The second kappa shape index (κ2) is 9.07. The molecule has 2 aromatic heterocycles. The molecule has 1 aromatic carbocycles. The number of thiazole rings is 1. The highest BCUT2D eigenvalue weighted by atomic mass is 32.1. The standard InChI is InChI=1S/C24H30F2N6OS/c1-23(2)10-15(11-24(3,4)32(23)5)28-20-17(26)12-27-21(30-20)31-22-29-18(13-34-22)14-7-8-19(33-6)16(25)9-14/h7-9,12-13,15H,10-11H2,1-6H3,(H2,27,28,29,30,31). The molecule has 0 aliphatic carbocycles. The number of halogens is 2. The zero-order chi connectivity index (χ0) is 24.7. The summed E-state index contributed by atoms with van der Waals surface area (Å²) in [5.74, 6) is -0.396. The topological polar surface area (TPSA) is 75.2 Å². The van der Waals surface area contributed by atoms with E-state index in [0.29, 0.717) is 16.4 Å². The van der Waals surface area contributed by atoms with Crippen LogP contribution in [0.2, 0.25) is 0 Å². The number of nitrogens with zero attached hydrogens (tertiary/aromatic N) is 4. The van der Waals surface area contributed by atoms with Gasteiger partial charge >= 0.3 is 0 Å². The van der Waals surface area contributed by atoms with Crippen LogP contribution in [0.1, 0.15) is 40.5 Å². The maximum atomic E-state index is 14.6. The van der Waals surface area contributed by atoms with Crippen LogP contribution in [0.3, 0.4) is 0 Å². The molecule has 0 unspecified atom stereocenters. The number of benzene rings is 1. The van der Waals surface area contributed by atoms with Crippen molar-refractivity contribution in [3.63, 3.8) is 0 Å². The number of hydrogen-bond acceptors (Lipinski definition) is 8. The Morgan fingerprint density at radius 1 is 1.09 bits per heavy atom. The lowest BCUT2D eigenvalue weighted by Crippen LogP contribution is -2.61. The third kappa shape index (κ3) is 4.97. The van der Waals surface area contributed by atoms with E-state index in [1.54, 1.807) is 17.5 Å². The molecule has 1 aliphatic heterocycles. The largest absolute Gasteiger partial charge is 0.494 e. The average Bonchev–Trinajstić information content (AvgIpc) is 3.22. The molecule has 0 bridgehead atoms. The zero-order valence-electron chi connectivity index (χ0n) is 20.2. The minimum atomic E-state index is -0.506. The zero-order valence-corrected chi connectivity index (χ0v) is 21.1. The van der Waals surface area contributed by atoms with Crippen LogP contribution in [0.25, 0.3) is 11.3 Å². The first-order valence-corrected chi connectivity index (χ1v) is 12.0. The van der Waals surface area contributed by atoms with Crippen LogP contribution in [-0.4, -0.2) is 51.1 Å². The van der Waals surface area contributed by atoms with Gasteiger partial charge < -0.3 is 10.1 Å². The summed E-state index contributed by atoms with van der Waals surface area (Å²) in [5, 5.41) is 8.64. The summed E-state index contributed by atoms with van der Waals surface area (Å²) in [6, 6.07) is 4.74. The van der Waals surface area contributed by atoms with E-state index in [1.165, 1.54) is 24.5 Å². The molecule has 7 nitrogen and oxygen atoms in total. The molecule has 4 rings (SSSR count). The molecule has 0 spiro atoms. The Morgan fingerprint density at radius 2 is 1.79 bits per heavy atom. The van der Waals surface area contributed by atoms with Gasteiger partial charge in [0.2, 0.25) is 5.95 Å². The highest BCUT2D eigenvalue weighted by Gasteiger charge is 2.43. The summed E-state index contributed by atoms with van der Waals surface area (Å²) in [6.45, 7) is 8.78. The number of likely N-dealkylation sites (tertiary alicyclic amines) is 1. The smallest absolute Gasteiger partial charge is 0.231 e. The monoisotopic (exact) mass is 488 g/mol. The number of aromatic nitrogens is 3. The van der Waals surface area contributed by atoms with E-state index in [2.05, 4.69) is 65.2 Å². The number of rotatable bonds is 6. The summed E-state index contributed by atoms with van der Waals surface area (Å²) in [5.41, 5.74) is 1.15. The van der Waals surface area contributed by atoms with Gasteiger partial charge in [0.05, 0.1) is 19.0 Å². The van der Waals surface area contributed by atoms with E-state index in [1.807, 2.05) is 0 Å². The normalized spacial score (nSPS) is 18.0. The highest BCUT2D eigenvalue weighted by molar-refractivity contribution is 7.14. The van der Waals surface area contributed by atoms with Gasteiger partial charge in [-0.2, -0.15) is 4.98 Å². The van der Waals surface area contributed by atoms with Crippen LogP contribution in [0.15, 0.2) is 29.8 Å². The van der Waals surface area contributed by atoms with Crippen molar-refractivity contribution in [2.24, 2.45) is 0 Å². The van der Waals surface area contributed by atoms with Gasteiger partial charge in [0.15, 0.2) is 28.3 Å². The number of nitrogens with one attached hydrogen (secondary N) is 2. The van der Waals surface area contributed by atoms with Crippen molar-refractivity contribution in [3.8, 4) is 17.0 Å². The minimum absolute atomic E-state index is 0.0395. The number of ether oxygens (including phenoxy) is 1. The van der Waals surface area contributed by atoms with Crippen molar-refractivity contribution in [2.75, 3.05) is 24.8 Å². The van der Waals surface area contributed by atoms with Crippen LogP contribution >= 0.6 is 11.3 Å². The van der Waals surface area contributed by atoms with E-state index < -0.39 is 11.6 Å². The molecule has 3 heterocycles. The molecule has 10 heteroatoms. The van der Waals surface area contributed by atoms with Gasteiger partial charge in [0.1, 0.15) is 0 Å². The molecule has 2 N–H and O–H groups in total. The molecule has 1 fully saturated rings. The highest BCUT2D eigenvalue weighted by Crippen LogP contribution is 2.38. The fraction of sp³-hybridized carbons (Fsp3) is 0.458. The predicted molar refractivity (Wildman–Crippen MR) is 132 cm³/mol. The number of methoxy groups -OCH3 is 1. The van der Waals surface area contributed by atoms with Gasteiger partial charge in [-0.15, -0.1) is 11.3 Å². The predicted octanol–water partition coefficient (Wildman–Crippen LogP) is 5.69. The van der Waals surface area contributed by atoms with E-state index in [-0.39, 0.29) is 34.6 Å². The molecule has 1 saturated heterocycles. The lowest BCUT2D eigenvalue weighted by Gasteiger charge is -2.53. The van der Waals surface area contributed by atoms with Gasteiger partial charge in [-0.3, -0.25) is 10.2 Å². The molecule has 0 radical (unpaired) electrons. The van der Waals surface area contributed by atoms with Gasteiger partial charge in [-0.05, 0) is 65.8 Å². The summed E-state index contributed by atoms with van der Waals surface area (Å²) < 4.78 is 33.6. The first kappa shape index (κ1) is 24.3. The van der Waals surface area contributed by atoms with E-state index in [0.717, 1.165) is 19.0 Å². The van der Waals surface area contributed by atoms with Crippen LogP contribution in [0.5, 0.6) is 5.75 Å². The van der Waals surface area contributed by atoms with Crippen molar-refractivity contribution >= 4 is 28.2 Å². The molecule has 0 saturated carbocycles. The van der Waals surface area contributed by atoms with Crippen molar-refractivity contribution in [3.05, 3.63) is 41.4 Å². The fourth-order valence-corrected chi connectivity index (χ4v) is 5.29. The van der Waals surface area contributed by atoms with Crippen LogP contribution in [0.4, 0.5) is 25.7 Å². The molecule has 182 valence electrons.